The molecule has 0 bridgehead atoms. The Bertz CT molecular complexity index is 766. The minimum Gasteiger partial charge on any atom is -0.195 e. The van der Waals surface area contributed by atoms with E-state index < -0.39 is 0 Å². The Balaban J connectivity index is 2.02. The van der Waals surface area contributed by atoms with Gasteiger partial charge in [-0.05, 0) is 29.3 Å². The van der Waals surface area contributed by atoms with Crippen molar-refractivity contribution < 1.29 is 4.57 Å². The predicted molar refractivity (Wildman–Crippen MR) is 80.7 cm³/mol. The van der Waals surface area contributed by atoms with Gasteiger partial charge in [0.2, 0.25) is 0 Å². The molecule has 0 N–H and O–H groups in total. The van der Waals surface area contributed by atoms with Crippen LogP contribution in [0.3, 0.4) is 0 Å². The second kappa shape index (κ2) is 5.61. The highest BCUT2D eigenvalue weighted by Crippen LogP contribution is 2.14. The largest absolute Gasteiger partial charge is 0.516 e. The molecule has 0 radical (unpaired) electrons. The summed E-state index contributed by atoms with van der Waals surface area (Å²) in [5.41, 5.74) is 1.76. The van der Waals surface area contributed by atoms with Crippen LogP contribution in [-0.4, -0.2) is 3.96 Å². The minimum absolute atomic E-state index is 0.116. The Morgan fingerprint density at radius 2 is 1.60 bits per heavy atom. The summed E-state index contributed by atoms with van der Waals surface area (Å²) in [6, 6.07) is 19.3. The zero-order valence-corrected chi connectivity index (χ0v) is 12.1. The molecular formula is C15H12ClN2OS+. The van der Waals surface area contributed by atoms with Crippen molar-refractivity contribution in [1.82, 2.24) is 3.96 Å². The van der Waals surface area contributed by atoms with Crippen LogP contribution in [-0.2, 0) is 6.54 Å². The fourth-order valence-electron chi connectivity index (χ4n) is 1.97. The molecule has 20 heavy (non-hydrogen) atoms. The number of aromatic nitrogens is 2. The lowest BCUT2D eigenvalue weighted by Crippen LogP contribution is -2.50. The minimum atomic E-state index is -0.116. The lowest BCUT2D eigenvalue weighted by molar-refractivity contribution is -0.698. The Labute approximate surface area is 125 Å². The molecule has 0 amide bonds. The highest BCUT2D eigenvalue weighted by molar-refractivity contribution is 7.10. The first-order chi connectivity index (χ1) is 9.75. The van der Waals surface area contributed by atoms with Crippen LogP contribution in [0.25, 0.3) is 5.69 Å². The Morgan fingerprint density at radius 1 is 1.00 bits per heavy atom. The van der Waals surface area contributed by atoms with Crippen molar-refractivity contribution in [2.75, 3.05) is 0 Å². The van der Waals surface area contributed by atoms with Gasteiger partial charge in [-0.25, -0.2) is 0 Å². The summed E-state index contributed by atoms with van der Waals surface area (Å²) in [5.74, 6) is 0. The maximum absolute atomic E-state index is 12.4. The van der Waals surface area contributed by atoms with Crippen molar-refractivity contribution >= 4 is 23.1 Å². The third-order valence-corrected chi connectivity index (χ3v) is 4.29. The summed E-state index contributed by atoms with van der Waals surface area (Å²) in [4.78, 5) is 12.4. The van der Waals surface area contributed by atoms with E-state index in [1.807, 2.05) is 60.7 Å². The fourth-order valence-corrected chi connectivity index (χ4v) is 3.11. The lowest BCUT2D eigenvalue weighted by Gasteiger charge is -1.96. The number of rotatable bonds is 3. The number of halogens is 1. The first-order valence-electron chi connectivity index (χ1n) is 6.17. The molecule has 0 aliphatic heterocycles. The maximum atomic E-state index is 12.4. The SMILES string of the molecule is O=c1n(-c2ccccc2)sc(Cl)[n+]1Cc1ccccc1. The van der Waals surface area contributed by atoms with Gasteiger partial charge in [0, 0.05) is 0 Å². The summed E-state index contributed by atoms with van der Waals surface area (Å²) >= 11 is 7.46. The van der Waals surface area contributed by atoms with Crippen LogP contribution in [0.15, 0.2) is 65.5 Å². The van der Waals surface area contributed by atoms with Crippen molar-refractivity contribution in [3.8, 4) is 5.69 Å². The van der Waals surface area contributed by atoms with E-state index in [9.17, 15) is 4.79 Å². The van der Waals surface area contributed by atoms with Gasteiger partial charge in [-0.3, -0.25) is 0 Å². The van der Waals surface area contributed by atoms with Crippen molar-refractivity contribution in [3.05, 3.63) is 81.2 Å². The average molecular weight is 304 g/mol. The van der Waals surface area contributed by atoms with E-state index in [1.54, 1.807) is 8.52 Å². The molecule has 0 atom stereocenters. The number of nitrogens with zero attached hydrogens (tertiary/aromatic N) is 2. The quantitative estimate of drug-likeness (QED) is 0.683. The average Bonchev–Trinajstić information content (AvgIpc) is 2.77. The Hall–Kier alpha value is -1.91. The van der Waals surface area contributed by atoms with E-state index in [0.29, 0.717) is 11.0 Å². The fraction of sp³-hybridized carbons (Fsp3) is 0.0667. The molecule has 1 aromatic heterocycles. The van der Waals surface area contributed by atoms with Gasteiger partial charge in [0.15, 0.2) is 0 Å². The molecule has 3 nitrogen and oxygen atoms in total. The molecule has 5 heteroatoms. The number of hydrogen-bond acceptors (Lipinski definition) is 2. The Morgan fingerprint density at radius 3 is 2.25 bits per heavy atom. The smallest absolute Gasteiger partial charge is 0.195 e. The standard InChI is InChI=1S/C15H12ClN2OS/c16-14-17(11-12-7-3-1-4-8-12)15(19)18(20-14)13-9-5-2-6-10-13/h1-10H,11H2/q+1. The highest BCUT2D eigenvalue weighted by Gasteiger charge is 2.22. The topological polar surface area (TPSA) is 25.9 Å². The van der Waals surface area contributed by atoms with E-state index >= 15 is 0 Å². The molecule has 0 aliphatic rings. The monoisotopic (exact) mass is 303 g/mol. The summed E-state index contributed by atoms with van der Waals surface area (Å²) in [5, 5.41) is 0. The first kappa shape index (κ1) is 13.1. The van der Waals surface area contributed by atoms with E-state index in [2.05, 4.69) is 0 Å². The van der Waals surface area contributed by atoms with Gasteiger partial charge in [0.1, 0.15) is 23.8 Å². The van der Waals surface area contributed by atoms with E-state index in [-0.39, 0.29) is 5.69 Å². The van der Waals surface area contributed by atoms with Crippen molar-refractivity contribution in [3.63, 3.8) is 0 Å². The lowest BCUT2D eigenvalue weighted by atomic mass is 10.2. The number of hydrogen-bond donors (Lipinski definition) is 0. The van der Waals surface area contributed by atoms with Gasteiger partial charge in [0.05, 0.1) is 0 Å². The number of para-hydroxylation sites is 1. The van der Waals surface area contributed by atoms with Crippen LogP contribution in [0.5, 0.6) is 0 Å². The third-order valence-electron chi connectivity index (χ3n) is 2.96. The molecular weight excluding hydrogens is 292 g/mol. The summed E-state index contributed by atoms with van der Waals surface area (Å²) in [7, 11) is 0. The molecule has 3 rings (SSSR count). The predicted octanol–water partition coefficient (Wildman–Crippen LogP) is 2.89. The van der Waals surface area contributed by atoms with Crippen LogP contribution in [0, 0.1) is 0 Å². The highest BCUT2D eigenvalue weighted by atomic mass is 35.5. The third kappa shape index (κ3) is 2.53. The van der Waals surface area contributed by atoms with Crippen LogP contribution in [0.2, 0.25) is 4.47 Å². The normalized spacial score (nSPS) is 10.7. The molecule has 0 aliphatic carbocycles. The second-order valence-corrected chi connectivity index (χ2v) is 5.85. The van der Waals surface area contributed by atoms with Crippen LogP contribution >= 0.6 is 23.1 Å². The maximum Gasteiger partial charge on any atom is 0.516 e. The van der Waals surface area contributed by atoms with Crippen molar-refractivity contribution in [2.45, 2.75) is 6.54 Å². The molecule has 0 saturated carbocycles. The molecule has 0 spiro atoms. The second-order valence-electron chi connectivity index (χ2n) is 4.33. The zero-order chi connectivity index (χ0) is 13.9. The van der Waals surface area contributed by atoms with Gasteiger partial charge >= 0.3 is 5.69 Å². The summed E-state index contributed by atoms with van der Waals surface area (Å²) in [6.07, 6.45) is 0. The molecule has 100 valence electrons. The van der Waals surface area contributed by atoms with E-state index in [4.69, 9.17) is 11.6 Å². The molecule has 0 fully saturated rings. The van der Waals surface area contributed by atoms with E-state index in [0.717, 1.165) is 11.3 Å². The summed E-state index contributed by atoms with van der Waals surface area (Å²) < 4.78 is 3.66. The van der Waals surface area contributed by atoms with Crippen LogP contribution < -0.4 is 10.3 Å². The van der Waals surface area contributed by atoms with Crippen LogP contribution in [0.1, 0.15) is 5.56 Å². The van der Waals surface area contributed by atoms with Crippen molar-refractivity contribution in [2.24, 2.45) is 0 Å². The molecule has 3 aromatic rings. The summed E-state index contributed by atoms with van der Waals surface area (Å²) in [6.45, 7) is 0.481. The van der Waals surface area contributed by atoms with Crippen LogP contribution in [0.4, 0.5) is 0 Å². The van der Waals surface area contributed by atoms with Gasteiger partial charge in [0.25, 0.3) is 4.47 Å². The molecule has 2 aromatic carbocycles. The van der Waals surface area contributed by atoms with Gasteiger partial charge in [-0.2, -0.15) is 9.36 Å². The molecule has 0 saturated heterocycles. The first-order valence-corrected chi connectivity index (χ1v) is 7.32. The zero-order valence-electron chi connectivity index (χ0n) is 10.6. The molecule has 1 heterocycles. The van der Waals surface area contributed by atoms with Crippen molar-refractivity contribution in [1.29, 1.82) is 0 Å². The van der Waals surface area contributed by atoms with Gasteiger partial charge in [-0.1, -0.05) is 52.5 Å². The molecule has 0 unspecified atom stereocenters. The van der Waals surface area contributed by atoms with Gasteiger partial charge < -0.3 is 0 Å². The van der Waals surface area contributed by atoms with Gasteiger partial charge in [-0.15, -0.1) is 0 Å². The Kier molecular flexibility index (Phi) is 3.67. The van der Waals surface area contributed by atoms with E-state index in [1.165, 1.54) is 11.5 Å². The number of benzene rings is 2.